The number of aryl methyl sites for hydroxylation is 1. The molecule has 0 fully saturated rings. The highest BCUT2D eigenvalue weighted by atomic mass is 32.2. The predicted octanol–water partition coefficient (Wildman–Crippen LogP) is 4.78. The van der Waals surface area contributed by atoms with Gasteiger partial charge in [0.15, 0.2) is 17.4 Å². The maximum atomic E-state index is 13.2. The molecule has 0 N–H and O–H groups in total. The molecule has 2 rings (SSSR count). The first-order chi connectivity index (χ1) is 9.97. The van der Waals surface area contributed by atoms with Gasteiger partial charge in [0.1, 0.15) is 0 Å². The van der Waals surface area contributed by atoms with Gasteiger partial charge in [0, 0.05) is 11.3 Å². The van der Waals surface area contributed by atoms with Crippen molar-refractivity contribution in [3.8, 4) is 0 Å². The molecule has 4 heteroatoms. The quantitative estimate of drug-likeness (QED) is 0.740. The van der Waals surface area contributed by atoms with Crippen LogP contribution in [-0.4, -0.2) is 11.0 Å². The second kappa shape index (κ2) is 6.85. The Morgan fingerprint density at radius 1 is 1.14 bits per heavy atom. The van der Waals surface area contributed by atoms with E-state index in [4.69, 9.17) is 0 Å². The molecule has 0 aromatic heterocycles. The molecule has 1 nitrogen and oxygen atoms in total. The van der Waals surface area contributed by atoms with Crippen molar-refractivity contribution in [1.29, 1.82) is 0 Å². The van der Waals surface area contributed by atoms with Gasteiger partial charge < -0.3 is 0 Å². The van der Waals surface area contributed by atoms with Crippen LogP contribution in [0.5, 0.6) is 0 Å². The Hall–Kier alpha value is -1.68. The van der Waals surface area contributed by atoms with Gasteiger partial charge in [-0.05, 0) is 37.6 Å². The summed E-state index contributed by atoms with van der Waals surface area (Å²) in [4.78, 5) is 12.2. The van der Waals surface area contributed by atoms with Crippen LogP contribution in [-0.2, 0) is 5.75 Å². The van der Waals surface area contributed by atoms with Gasteiger partial charge in [-0.1, -0.05) is 29.8 Å². The molecule has 110 valence electrons. The van der Waals surface area contributed by atoms with E-state index in [1.807, 2.05) is 25.1 Å². The molecule has 0 aliphatic rings. The average Bonchev–Trinajstić information content (AvgIpc) is 2.47. The smallest absolute Gasteiger partial charge is 0.175 e. The lowest BCUT2D eigenvalue weighted by Crippen LogP contribution is -2.14. The van der Waals surface area contributed by atoms with Gasteiger partial charge in [-0.3, -0.25) is 4.79 Å². The molecule has 0 bridgehead atoms. The van der Waals surface area contributed by atoms with Crippen molar-refractivity contribution >= 4 is 17.5 Å². The number of benzene rings is 2. The summed E-state index contributed by atoms with van der Waals surface area (Å²) in [6, 6.07) is 11.3. The number of carbonyl (C=O) groups is 1. The summed E-state index contributed by atoms with van der Waals surface area (Å²) >= 11 is 1.49. The fourth-order valence-electron chi connectivity index (χ4n) is 1.98. The van der Waals surface area contributed by atoms with Crippen molar-refractivity contribution in [2.24, 2.45) is 0 Å². The van der Waals surface area contributed by atoms with Crippen LogP contribution in [0.1, 0.15) is 28.4 Å². The fraction of sp³-hybridized carbons (Fsp3) is 0.235. The first-order valence-electron chi connectivity index (χ1n) is 6.64. The number of halogens is 2. The normalized spacial score (nSPS) is 12.2. The second-order valence-electron chi connectivity index (χ2n) is 4.94. The van der Waals surface area contributed by atoms with Gasteiger partial charge in [-0.2, -0.15) is 0 Å². The molecule has 1 unspecified atom stereocenters. The molecule has 0 amide bonds. The van der Waals surface area contributed by atoms with Crippen molar-refractivity contribution < 1.29 is 13.6 Å². The van der Waals surface area contributed by atoms with Gasteiger partial charge >= 0.3 is 0 Å². The Morgan fingerprint density at radius 2 is 1.90 bits per heavy atom. The molecular weight excluding hydrogens is 290 g/mol. The van der Waals surface area contributed by atoms with Gasteiger partial charge in [-0.25, -0.2) is 8.78 Å². The van der Waals surface area contributed by atoms with Gasteiger partial charge in [-0.15, -0.1) is 11.8 Å². The molecule has 0 heterocycles. The fourth-order valence-corrected chi connectivity index (χ4v) is 2.89. The van der Waals surface area contributed by atoms with E-state index >= 15 is 0 Å². The molecule has 2 aromatic rings. The van der Waals surface area contributed by atoms with Crippen molar-refractivity contribution in [2.45, 2.75) is 24.9 Å². The minimum absolute atomic E-state index is 0.188. The summed E-state index contributed by atoms with van der Waals surface area (Å²) in [5.41, 5.74) is 2.52. The lowest BCUT2D eigenvalue weighted by Gasteiger charge is -2.11. The van der Waals surface area contributed by atoms with Gasteiger partial charge in [0.2, 0.25) is 0 Å². The minimum atomic E-state index is -0.989. The Labute approximate surface area is 127 Å². The topological polar surface area (TPSA) is 17.1 Å². The molecule has 0 spiro atoms. The van der Waals surface area contributed by atoms with Crippen LogP contribution in [0.25, 0.3) is 0 Å². The third-order valence-electron chi connectivity index (χ3n) is 3.16. The lowest BCUT2D eigenvalue weighted by molar-refractivity contribution is 0.0993. The molecule has 2 aromatic carbocycles. The van der Waals surface area contributed by atoms with E-state index in [-0.39, 0.29) is 16.6 Å². The summed E-state index contributed by atoms with van der Waals surface area (Å²) in [6.45, 7) is 3.80. The van der Waals surface area contributed by atoms with E-state index in [1.54, 1.807) is 6.92 Å². The molecule has 0 saturated carbocycles. The Morgan fingerprint density at radius 3 is 2.57 bits per heavy atom. The Bertz CT molecular complexity index is 655. The summed E-state index contributed by atoms with van der Waals surface area (Å²) < 4.78 is 26.0. The number of ketones is 1. The number of Topliss-reactive ketones (excluding diaryl/α,β-unsaturated/α-hetero) is 1. The molecule has 0 saturated heterocycles. The SMILES string of the molecule is Cc1cccc(CSC(C)C(=O)c2ccc(F)c(F)c2)c1. The highest BCUT2D eigenvalue weighted by Gasteiger charge is 2.17. The zero-order valence-electron chi connectivity index (χ0n) is 11.9. The largest absolute Gasteiger partial charge is 0.293 e. The highest BCUT2D eigenvalue weighted by molar-refractivity contribution is 7.99. The summed E-state index contributed by atoms with van der Waals surface area (Å²) in [7, 11) is 0. The van der Waals surface area contributed by atoms with Crippen LogP contribution < -0.4 is 0 Å². The van der Waals surface area contributed by atoms with Gasteiger partial charge in [0.05, 0.1) is 5.25 Å². The Kier molecular flexibility index (Phi) is 5.12. The van der Waals surface area contributed by atoms with Gasteiger partial charge in [0.25, 0.3) is 0 Å². The highest BCUT2D eigenvalue weighted by Crippen LogP contribution is 2.22. The van der Waals surface area contributed by atoms with E-state index in [0.717, 1.165) is 17.7 Å². The molecule has 1 atom stereocenters. The van der Waals surface area contributed by atoms with Crippen LogP contribution in [0, 0.1) is 18.6 Å². The third-order valence-corrected chi connectivity index (χ3v) is 4.37. The minimum Gasteiger partial charge on any atom is -0.293 e. The summed E-state index contributed by atoms with van der Waals surface area (Å²) in [5, 5.41) is -0.310. The van der Waals surface area contributed by atoms with Crippen LogP contribution in [0.4, 0.5) is 8.78 Å². The number of carbonyl (C=O) groups excluding carboxylic acids is 1. The van der Waals surface area contributed by atoms with Crippen molar-refractivity contribution in [2.75, 3.05) is 0 Å². The number of thioether (sulfide) groups is 1. The maximum absolute atomic E-state index is 13.2. The molecule has 0 radical (unpaired) electrons. The monoisotopic (exact) mass is 306 g/mol. The van der Waals surface area contributed by atoms with Crippen LogP contribution in [0.3, 0.4) is 0 Å². The second-order valence-corrected chi connectivity index (χ2v) is 6.26. The zero-order chi connectivity index (χ0) is 15.4. The lowest BCUT2D eigenvalue weighted by atomic mass is 10.1. The molecule has 0 aliphatic heterocycles. The van der Waals surface area contributed by atoms with Crippen LogP contribution in [0.2, 0.25) is 0 Å². The summed E-state index contributed by atoms with van der Waals surface area (Å²) in [6.07, 6.45) is 0. The van der Waals surface area contributed by atoms with E-state index in [0.29, 0.717) is 5.75 Å². The van der Waals surface area contributed by atoms with E-state index < -0.39 is 11.6 Å². The van der Waals surface area contributed by atoms with Crippen molar-refractivity contribution in [1.82, 2.24) is 0 Å². The molecule has 0 aliphatic carbocycles. The van der Waals surface area contributed by atoms with E-state index in [9.17, 15) is 13.6 Å². The average molecular weight is 306 g/mol. The standard InChI is InChI=1S/C17H16F2OS/c1-11-4-3-5-13(8-11)10-21-12(2)17(20)14-6-7-15(18)16(19)9-14/h3-9,12H,10H2,1-2H3. The number of hydrogen-bond donors (Lipinski definition) is 0. The maximum Gasteiger partial charge on any atom is 0.175 e. The van der Waals surface area contributed by atoms with Crippen LogP contribution >= 0.6 is 11.8 Å². The predicted molar refractivity (Wildman–Crippen MR) is 82.6 cm³/mol. The van der Waals surface area contributed by atoms with Crippen molar-refractivity contribution in [3.05, 3.63) is 70.8 Å². The molecule has 21 heavy (non-hydrogen) atoms. The van der Waals surface area contributed by atoms with Crippen molar-refractivity contribution in [3.63, 3.8) is 0 Å². The number of hydrogen-bond acceptors (Lipinski definition) is 2. The Balaban J connectivity index is 2.00. The van der Waals surface area contributed by atoms with E-state index in [1.165, 1.54) is 23.4 Å². The van der Waals surface area contributed by atoms with Crippen LogP contribution in [0.15, 0.2) is 42.5 Å². The molecular formula is C17H16F2OS. The number of rotatable bonds is 5. The first kappa shape index (κ1) is 15.7. The zero-order valence-corrected chi connectivity index (χ0v) is 12.7. The first-order valence-corrected chi connectivity index (χ1v) is 7.68. The van der Waals surface area contributed by atoms with E-state index in [2.05, 4.69) is 6.07 Å². The summed E-state index contributed by atoms with van der Waals surface area (Å²) in [5.74, 6) is -1.41. The third kappa shape index (κ3) is 4.14.